The maximum absolute atomic E-state index is 14.0. The Kier molecular flexibility index (Phi) is 5.48. The van der Waals surface area contributed by atoms with Gasteiger partial charge in [0.15, 0.2) is 0 Å². The van der Waals surface area contributed by atoms with Gasteiger partial charge in [-0.2, -0.15) is 5.26 Å². The lowest BCUT2D eigenvalue weighted by atomic mass is 10.2. The minimum Gasteiger partial charge on any atom is -0.491 e. The molecule has 146 valence electrons. The van der Waals surface area contributed by atoms with E-state index >= 15 is 0 Å². The van der Waals surface area contributed by atoms with Gasteiger partial charge in [-0.05, 0) is 18.2 Å². The highest BCUT2D eigenvalue weighted by atomic mass is 32.2. The number of aromatic nitrogens is 1. The number of fused-ring (bicyclic) bond motifs is 1. The molecule has 3 aromatic rings. The molecule has 0 saturated carbocycles. The number of ether oxygens (including phenoxy) is 2. The molecule has 0 aliphatic heterocycles. The van der Waals surface area contributed by atoms with Crippen LogP contribution in [0.2, 0.25) is 0 Å². The monoisotopic (exact) mass is 407 g/mol. The van der Waals surface area contributed by atoms with Crippen molar-refractivity contribution >= 4 is 26.6 Å². The Labute approximate surface area is 159 Å². The molecule has 3 rings (SSSR count). The average molecular weight is 407 g/mol. The third-order valence-electron chi connectivity index (χ3n) is 3.88. The Morgan fingerprint density at radius 3 is 2.68 bits per heavy atom. The lowest BCUT2D eigenvalue weighted by Crippen LogP contribution is -2.14. The van der Waals surface area contributed by atoms with Crippen molar-refractivity contribution in [2.75, 3.05) is 25.0 Å². The second kappa shape index (κ2) is 7.84. The average Bonchev–Trinajstić information content (AvgIpc) is 3.08. The summed E-state index contributed by atoms with van der Waals surface area (Å²) in [6.45, 7) is 0.734. The van der Waals surface area contributed by atoms with E-state index in [-0.39, 0.29) is 4.90 Å². The lowest BCUT2D eigenvalue weighted by Gasteiger charge is -2.09. The Hall–Kier alpha value is -3.16. The minimum absolute atomic E-state index is 0.143. The summed E-state index contributed by atoms with van der Waals surface area (Å²) in [5, 5.41) is 9.06. The SMILES string of the molecule is COCCOc1ccc2c(S(=O)(=O)Nc3cc(F)c(C#N)cc3F)c[nH]c2c1. The van der Waals surface area contributed by atoms with E-state index in [1.54, 1.807) is 19.2 Å². The van der Waals surface area contributed by atoms with Crippen molar-refractivity contribution in [1.82, 2.24) is 4.98 Å². The van der Waals surface area contributed by atoms with Gasteiger partial charge in [0, 0.05) is 30.8 Å². The quantitative estimate of drug-likeness (QED) is 0.586. The number of H-pyrrole nitrogens is 1. The van der Waals surface area contributed by atoms with Gasteiger partial charge in [0.1, 0.15) is 35.0 Å². The second-order valence-electron chi connectivity index (χ2n) is 5.73. The third-order valence-corrected chi connectivity index (χ3v) is 5.29. The molecule has 10 heteroatoms. The number of rotatable bonds is 7. The first-order chi connectivity index (χ1) is 13.4. The van der Waals surface area contributed by atoms with Crippen LogP contribution in [-0.2, 0) is 14.8 Å². The summed E-state index contributed by atoms with van der Waals surface area (Å²) in [5.74, 6) is -1.57. The van der Waals surface area contributed by atoms with Gasteiger partial charge < -0.3 is 14.5 Å². The van der Waals surface area contributed by atoms with E-state index in [0.717, 1.165) is 0 Å². The van der Waals surface area contributed by atoms with E-state index in [1.807, 2.05) is 4.72 Å². The lowest BCUT2D eigenvalue weighted by molar-refractivity contribution is 0.146. The summed E-state index contributed by atoms with van der Waals surface area (Å²) in [6, 6.07) is 7.49. The van der Waals surface area contributed by atoms with Crippen molar-refractivity contribution in [3.8, 4) is 11.8 Å². The van der Waals surface area contributed by atoms with Crippen LogP contribution in [-0.4, -0.2) is 33.7 Å². The standard InChI is InChI=1S/C18H15F2N3O4S/c1-26-4-5-27-12-2-3-13-16(7-12)22-10-18(13)28(24,25)23-17-8-14(19)11(9-21)6-15(17)20/h2-3,6-8,10,22-23H,4-5H2,1H3. The highest BCUT2D eigenvalue weighted by Gasteiger charge is 2.22. The van der Waals surface area contributed by atoms with E-state index < -0.39 is 32.9 Å². The third kappa shape index (κ3) is 3.90. The van der Waals surface area contributed by atoms with Gasteiger partial charge in [0.2, 0.25) is 0 Å². The molecule has 1 aromatic heterocycles. The van der Waals surface area contributed by atoms with Crippen LogP contribution in [0.15, 0.2) is 41.4 Å². The molecule has 0 unspecified atom stereocenters. The predicted octanol–water partition coefficient (Wildman–Crippen LogP) is 3.14. The molecule has 7 nitrogen and oxygen atoms in total. The second-order valence-corrected chi connectivity index (χ2v) is 7.38. The van der Waals surface area contributed by atoms with Crippen molar-refractivity contribution in [3.63, 3.8) is 0 Å². The molecule has 0 aliphatic carbocycles. The fraction of sp³-hybridized carbons (Fsp3) is 0.167. The zero-order chi connectivity index (χ0) is 20.3. The topological polar surface area (TPSA) is 104 Å². The largest absolute Gasteiger partial charge is 0.491 e. The summed E-state index contributed by atoms with van der Waals surface area (Å²) >= 11 is 0. The normalized spacial score (nSPS) is 11.4. The number of hydrogen-bond acceptors (Lipinski definition) is 5. The number of nitrogens with zero attached hydrogens (tertiary/aromatic N) is 1. The summed E-state index contributed by atoms with van der Waals surface area (Å²) in [5.41, 5.74) is -0.624. The van der Waals surface area contributed by atoms with Gasteiger partial charge in [0.05, 0.1) is 23.4 Å². The number of sulfonamides is 1. The predicted molar refractivity (Wildman–Crippen MR) is 97.6 cm³/mol. The maximum atomic E-state index is 14.0. The van der Waals surface area contributed by atoms with E-state index in [1.165, 1.54) is 18.3 Å². The molecule has 0 atom stereocenters. The Morgan fingerprint density at radius 2 is 1.96 bits per heavy atom. The van der Waals surface area contributed by atoms with Crippen molar-refractivity contribution in [2.24, 2.45) is 0 Å². The Bertz CT molecular complexity index is 1170. The zero-order valence-electron chi connectivity index (χ0n) is 14.6. The first-order valence-electron chi connectivity index (χ1n) is 8.00. The summed E-state index contributed by atoms with van der Waals surface area (Å²) in [4.78, 5) is 2.67. The highest BCUT2D eigenvalue weighted by molar-refractivity contribution is 7.93. The molecule has 0 bridgehead atoms. The molecule has 2 aromatic carbocycles. The maximum Gasteiger partial charge on any atom is 0.264 e. The first-order valence-corrected chi connectivity index (χ1v) is 9.49. The van der Waals surface area contributed by atoms with Gasteiger partial charge in [-0.3, -0.25) is 4.72 Å². The fourth-order valence-corrected chi connectivity index (χ4v) is 3.78. The molecule has 0 spiro atoms. The summed E-state index contributed by atoms with van der Waals surface area (Å²) < 4.78 is 65.4. The van der Waals surface area contributed by atoms with Crippen LogP contribution in [0.1, 0.15) is 5.56 Å². The molecule has 2 N–H and O–H groups in total. The van der Waals surface area contributed by atoms with E-state index in [4.69, 9.17) is 14.7 Å². The van der Waals surface area contributed by atoms with Crippen LogP contribution in [0.3, 0.4) is 0 Å². The number of hydrogen-bond donors (Lipinski definition) is 2. The van der Waals surface area contributed by atoms with Crippen molar-refractivity contribution in [1.29, 1.82) is 5.26 Å². The van der Waals surface area contributed by atoms with E-state index in [9.17, 15) is 17.2 Å². The summed E-state index contributed by atoms with van der Waals surface area (Å²) in [6.07, 6.45) is 1.24. The van der Waals surface area contributed by atoms with Crippen molar-refractivity contribution in [3.05, 3.63) is 53.7 Å². The van der Waals surface area contributed by atoms with Crippen molar-refractivity contribution < 1.29 is 26.7 Å². The minimum atomic E-state index is -4.22. The molecule has 0 saturated heterocycles. The number of methoxy groups -OCH3 is 1. The Balaban J connectivity index is 1.91. The van der Waals surface area contributed by atoms with Crippen LogP contribution in [0.5, 0.6) is 5.75 Å². The number of halogens is 2. The van der Waals surface area contributed by atoms with Crippen LogP contribution in [0.4, 0.5) is 14.5 Å². The number of benzene rings is 2. The highest BCUT2D eigenvalue weighted by Crippen LogP contribution is 2.29. The number of anilines is 1. The van der Waals surface area contributed by atoms with Crippen LogP contribution in [0, 0.1) is 23.0 Å². The van der Waals surface area contributed by atoms with Crippen LogP contribution in [0.25, 0.3) is 10.9 Å². The van der Waals surface area contributed by atoms with Gasteiger partial charge >= 0.3 is 0 Å². The number of aromatic amines is 1. The summed E-state index contributed by atoms with van der Waals surface area (Å²) in [7, 11) is -2.67. The molecule has 0 radical (unpaired) electrons. The van der Waals surface area contributed by atoms with E-state index in [0.29, 0.717) is 42.0 Å². The number of nitrogens with one attached hydrogen (secondary N) is 2. The van der Waals surface area contributed by atoms with Gasteiger partial charge in [-0.15, -0.1) is 0 Å². The van der Waals surface area contributed by atoms with Gasteiger partial charge in [-0.1, -0.05) is 0 Å². The molecular weight excluding hydrogens is 392 g/mol. The molecule has 0 amide bonds. The van der Waals surface area contributed by atoms with E-state index in [2.05, 4.69) is 4.98 Å². The molecular formula is C18H15F2N3O4S. The van der Waals surface area contributed by atoms with Crippen LogP contribution >= 0.6 is 0 Å². The van der Waals surface area contributed by atoms with Gasteiger partial charge in [0.25, 0.3) is 10.0 Å². The van der Waals surface area contributed by atoms with Crippen LogP contribution < -0.4 is 9.46 Å². The molecule has 0 fully saturated rings. The zero-order valence-corrected chi connectivity index (χ0v) is 15.4. The molecule has 1 heterocycles. The number of nitriles is 1. The molecule has 28 heavy (non-hydrogen) atoms. The Morgan fingerprint density at radius 1 is 1.18 bits per heavy atom. The van der Waals surface area contributed by atoms with Gasteiger partial charge in [-0.25, -0.2) is 17.2 Å². The fourth-order valence-electron chi connectivity index (χ4n) is 2.54. The smallest absolute Gasteiger partial charge is 0.264 e. The van der Waals surface area contributed by atoms with Crippen molar-refractivity contribution in [2.45, 2.75) is 4.90 Å². The first kappa shape index (κ1) is 19.6. The molecule has 0 aliphatic rings.